The Labute approximate surface area is 107 Å². The molecule has 0 bridgehead atoms. The third-order valence-electron chi connectivity index (χ3n) is 3.15. The van der Waals surface area contributed by atoms with E-state index in [1.165, 1.54) is 0 Å². The van der Waals surface area contributed by atoms with Crippen molar-refractivity contribution in [1.82, 2.24) is 14.9 Å². The van der Waals surface area contributed by atoms with Gasteiger partial charge in [0.1, 0.15) is 4.90 Å². The molecule has 1 saturated carbocycles. The number of sulfonamides is 1. The van der Waals surface area contributed by atoms with E-state index in [0.29, 0.717) is 18.0 Å². The minimum atomic E-state index is -3.48. The van der Waals surface area contributed by atoms with Gasteiger partial charge in [-0.25, -0.2) is 13.1 Å². The molecule has 2 rings (SSSR count). The second-order valence-corrected chi connectivity index (χ2v) is 6.28. The van der Waals surface area contributed by atoms with E-state index in [2.05, 4.69) is 14.9 Å². The molecule has 102 valence electrons. The lowest BCUT2D eigenvalue weighted by Crippen LogP contribution is -2.47. The van der Waals surface area contributed by atoms with Crippen LogP contribution in [0.3, 0.4) is 0 Å². The first-order valence-corrected chi connectivity index (χ1v) is 7.58. The Kier molecular flexibility index (Phi) is 3.74. The fraction of sp³-hybridized carbons (Fsp3) is 0.727. The molecular weight excluding hydrogens is 254 g/mol. The van der Waals surface area contributed by atoms with Gasteiger partial charge < -0.3 is 4.74 Å². The van der Waals surface area contributed by atoms with E-state index < -0.39 is 10.0 Å². The number of nitrogens with zero attached hydrogens (tertiary/aromatic N) is 1. The summed E-state index contributed by atoms with van der Waals surface area (Å²) in [6.45, 7) is 6.00. The largest absolute Gasteiger partial charge is 0.378 e. The van der Waals surface area contributed by atoms with Gasteiger partial charge >= 0.3 is 0 Å². The number of H-pyrrole nitrogens is 1. The Balaban J connectivity index is 2.02. The van der Waals surface area contributed by atoms with E-state index in [0.717, 1.165) is 12.8 Å². The average molecular weight is 273 g/mol. The summed E-state index contributed by atoms with van der Waals surface area (Å²) < 4.78 is 32.5. The van der Waals surface area contributed by atoms with Crippen molar-refractivity contribution >= 4 is 10.0 Å². The highest BCUT2D eigenvalue weighted by atomic mass is 32.2. The maximum atomic E-state index is 12.2. The Morgan fingerprint density at radius 2 is 2.11 bits per heavy atom. The number of rotatable bonds is 5. The molecule has 1 aromatic heterocycles. The molecule has 1 aliphatic carbocycles. The van der Waals surface area contributed by atoms with E-state index in [4.69, 9.17) is 4.74 Å². The van der Waals surface area contributed by atoms with E-state index in [1.807, 2.05) is 6.92 Å². The van der Waals surface area contributed by atoms with Gasteiger partial charge in [0.2, 0.25) is 10.0 Å². The van der Waals surface area contributed by atoms with Crippen LogP contribution in [0.4, 0.5) is 0 Å². The van der Waals surface area contributed by atoms with Crippen molar-refractivity contribution in [3.05, 3.63) is 11.4 Å². The number of ether oxygens (including phenoxy) is 1. The summed E-state index contributed by atoms with van der Waals surface area (Å²) in [5.74, 6) is 0. The lowest BCUT2D eigenvalue weighted by atomic mass is 9.90. The third-order valence-corrected chi connectivity index (χ3v) is 4.93. The summed E-state index contributed by atoms with van der Waals surface area (Å²) in [5.41, 5.74) is 1.07. The van der Waals surface area contributed by atoms with Gasteiger partial charge in [0.25, 0.3) is 0 Å². The zero-order valence-corrected chi connectivity index (χ0v) is 11.7. The first kappa shape index (κ1) is 13.5. The van der Waals surface area contributed by atoms with Gasteiger partial charge in [-0.3, -0.25) is 5.10 Å². The van der Waals surface area contributed by atoms with Crippen LogP contribution in [0, 0.1) is 13.8 Å². The van der Waals surface area contributed by atoms with Crippen LogP contribution in [-0.4, -0.2) is 37.4 Å². The fourth-order valence-corrected chi connectivity index (χ4v) is 3.88. The summed E-state index contributed by atoms with van der Waals surface area (Å²) in [6.07, 6.45) is 1.67. The number of aromatic nitrogens is 2. The van der Waals surface area contributed by atoms with Crippen LogP contribution >= 0.6 is 0 Å². The summed E-state index contributed by atoms with van der Waals surface area (Å²) in [6, 6.07) is -0.0275. The zero-order valence-electron chi connectivity index (χ0n) is 10.9. The van der Waals surface area contributed by atoms with Crippen LogP contribution < -0.4 is 4.72 Å². The number of aryl methyl sites for hydroxylation is 2. The molecule has 7 heteroatoms. The molecular formula is C11H19N3O3S. The van der Waals surface area contributed by atoms with Gasteiger partial charge in [-0.15, -0.1) is 0 Å². The number of nitrogens with one attached hydrogen (secondary N) is 2. The number of aromatic amines is 1. The highest BCUT2D eigenvalue weighted by molar-refractivity contribution is 7.89. The molecule has 0 aromatic carbocycles. The normalized spacial score (nSPS) is 23.9. The van der Waals surface area contributed by atoms with E-state index in [-0.39, 0.29) is 17.0 Å². The monoisotopic (exact) mass is 273 g/mol. The molecule has 0 radical (unpaired) electrons. The van der Waals surface area contributed by atoms with Gasteiger partial charge in [0.15, 0.2) is 0 Å². The van der Waals surface area contributed by atoms with Crippen molar-refractivity contribution in [3.8, 4) is 0 Å². The zero-order chi connectivity index (χ0) is 13.3. The van der Waals surface area contributed by atoms with Crippen LogP contribution in [-0.2, 0) is 14.8 Å². The molecule has 0 spiro atoms. The Bertz CT molecular complexity index is 498. The van der Waals surface area contributed by atoms with Crippen LogP contribution in [0.5, 0.6) is 0 Å². The van der Waals surface area contributed by atoms with E-state index in [1.54, 1.807) is 13.8 Å². The molecule has 0 unspecified atom stereocenters. The lowest BCUT2D eigenvalue weighted by molar-refractivity contribution is -0.00475. The predicted molar refractivity (Wildman–Crippen MR) is 66.8 cm³/mol. The quantitative estimate of drug-likeness (QED) is 0.834. The van der Waals surface area contributed by atoms with Crippen molar-refractivity contribution in [2.45, 2.75) is 50.7 Å². The van der Waals surface area contributed by atoms with Crippen LogP contribution in [0.1, 0.15) is 31.2 Å². The molecule has 1 aliphatic rings. The molecule has 2 N–H and O–H groups in total. The first-order chi connectivity index (χ1) is 8.44. The minimum absolute atomic E-state index is 0.0275. The maximum absolute atomic E-state index is 12.2. The van der Waals surface area contributed by atoms with Crippen molar-refractivity contribution < 1.29 is 13.2 Å². The summed E-state index contributed by atoms with van der Waals surface area (Å²) in [4.78, 5) is 0.266. The average Bonchev–Trinajstić information content (AvgIpc) is 2.56. The summed E-state index contributed by atoms with van der Waals surface area (Å²) >= 11 is 0. The molecule has 1 aromatic rings. The third kappa shape index (κ3) is 2.57. The molecule has 0 amide bonds. The molecule has 0 saturated heterocycles. The molecule has 1 fully saturated rings. The first-order valence-electron chi connectivity index (χ1n) is 6.09. The highest BCUT2D eigenvalue weighted by Crippen LogP contribution is 2.26. The minimum Gasteiger partial charge on any atom is -0.378 e. The van der Waals surface area contributed by atoms with Crippen LogP contribution in [0.25, 0.3) is 0 Å². The standard InChI is InChI=1S/C11H19N3O3S/c1-4-17-10-5-9(6-10)14-18(15,16)11-7(2)12-13-8(11)3/h9-10,14H,4-6H2,1-3H3,(H,12,13). The van der Waals surface area contributed by atoms with Crippen LogP contribution in [0.2, 0.25) is 0 Å². The fourth-order valence-electron chi connectivity index (χ4n) is 2.25. The van der Waals surface area contributed by atoms with Gasteiger partial charge in [0.05, 0.1) is 17.5 Å². The Morgan fingerprint density at radius 3 is 2.61 bits per heavy atom. The second-order valence-electron chi connectivity index (χ2n) is 4.63. The summed E-state index contributed by atoms with van der Waals surface area (Å²) in [7, 11) is -3.48. The topological polar surface area (TPSA) is 84.1 Å². The van der Waals surface area contributed by atoms with Crippen molar-refractivity contribution in [3.63, 3.8) is 0 Å². The maximum Gasteiger partial charge on any atom is 0.244 e. The smallest absolute Gasteiger partial charge is 0.244 e. The van der Waals surface area contributed by atoms with Gasteiger partial charge in [-0.2, -0.15) is 5.10 Å². The predicted octanol–water partition coefficient (Wildman–Crippen LogP) is 0.872. The van der Waals surface area contributed by atoms with E-state index in [9.17, 15) is 8.42 Å². The SMILES string of the molecule is CCOC1CC(NS(=O)(=O)c2c(C)n[nH]c2C)C1. The number of hydrogen-bond donors (Lipinski definition) is 2. The van der Waals surface area contributed by atoms with Crippen molar-refractivity contribution in [2.24, 2.45) is 0 Å². The Morgan fingerprint density at radius 1 is 1.44 bits per heavy atom. The second kappa shape index (κ2) is 4.99. The molecule has 1 heterocycles. The Hall–Kier alpha value is -0.920. The van der Waals surface area contributed by atoms with Gasteiger partial charge in [-0.05, 0) is 33.6 Å². The lowest BCUT2D eigenvalue weighted by Gasteiger charge is -2.35. The highest BCUT2D eigenvalue weighted by Gasteiger charge is 2.34. The number of hydrogen-bond acceptors (Lipinski definition) is 4. The van der Waals surface area contributed by atoms with Gasteiger partial charge in [0, 0.05) is 12.6 Å². The molecule has 18 heavy (non-hydrogen) atoms. The van der Waals surface area contributed by atoms with Crippen molar-refractivity contribution in [1.29, 1.82) is 0 Å². The molecule has 0 atom stereocenters. The van der Waals surface area contributed by atoms with Gasteiger partial charge in [-0.1, -0.05) is 0 Å². The molecule has 6 nitrogen and oxygen atoms in total. The van der Waals surface area contributed by atoms with Crippen LogP contribution in [0.15, 0.2) is 4.90 Å². The molecule has 0 aliphatic heterocycles. The summed E-state index contributed by atoms with van der Waals surface area (Å²) in [5, 5.41) is 6.60. The van der Waals surface area contributed by atoms with Crippen molar-refractivity contribution in [2.75, 3.05) is 6.61 Å². The van der Waals surface area contributed by atoms with E-state index >= 15 is 0 Å².